The van der Waals surface area contributed by atoms with Gasteiger partial charge in [-0.25, -0.2) is 0 Å². The van der Waals surface area contributed by atoms with E-state index in [1.165, 1.54) is 6.92 Å². The molecule has 1 atom stereocenters. The van der Waals surface area contributed by atoms with Crippen LogP contribution in [0.1, 0.15) is 13.3 Å². The van der Waals surface area contributed by atoms with Crippen molar-refractivity contribution in [1.29, 1.82) is 0 Å². The van der Waals surface area contributed by atoms with Gasteiger partial charge in [-0.2, -0.15) is 5.10 Å². The topological polar surface area (TPSA) is 76.2 Å². The number of carbonyl (C=O) groups excluding carboxylic acids is 1. The van der Waals surface area contributed by atoms with E-state index < -0.39 is 0 Å². The number of nitrogens with zero attached hydrogens (tertiary/aromatic N) is 3. The summed E-state index contributed by atoms with van der Waals surface area (Å²) in [6.45, 7) is 3.20. The second-order valence-electron chi connectivity index (χ2n) is 4.21. The van der Waals surface area contributed by atoms with Crippen LogP contribution in [0.15, 0.2) is 6.20 Å². The van der Waals surface area contributed by atoms with E-state index in [-0.39, 0.29) is 11.9 Å². The van der Waals surface area contributed by atoms with Crippen molar-refractivity contribution >= 4 is 17.4 Å². The molecule has 6 nitrogen and oxygen atoms in total. The molecule has 0 aliphatic carbocycles. The SMILES string of the molecule is CC(=O)NC1CCN(c2nn(C)cc2N)C1. The molecule has 0 saturated carbocycles. The molecule has 0 radical (unpaired) electrons. The maximum Gasteiger partial charge on any atom is 0.217 e. The van der Waals surface area contributed by atoms with E-state index in [9.17, 15) is 4.79 Å². The highest BCUT2D eigenvalue weighted by atomic mass is 16.1. The number of rotatable bonds is 2. The van der Waals surface area contributed by atoms with Gasteiger partial charge in [0.05, 0.1) is 5.69 Å². The molecule has 1 aromatic rings. The molecule has 6 heteroatoms. The van der Waals surface area contributed by atoms with E-state index in [1.807, 2.05) is 7.05 Å². The third kappa shape index (κ3) is 2.10. The van der Waals surface area contributed by atoms with Crippen LogP contribution in [0.2, 0.25) is 0 Å². The first-order chi connectivity index (χ1) is 7.56. The molecule has 1 aromatic heterocycles. The van der Waals surface area contributed by atoms with E-state index in [0.29, 0.717) is 5.69 Å². The Balaban J connectivity index is 2.03. The lowest BCUT2D eigenvalue weighted by Crippen LogP contribution is -2.35. The highest BCUT2D eigenvalue weighted by molar-refractivity contribution is 5.73. The third-order valence-electron chi connectivity index (χ3n) is 2.73. The molecule has 1 amide bonds. The zero-order valence-electron chi connectivity index (χ0n) is 9.60. The average Bonchev–Trinajstić information content (AvgIpc) is 2.72. The Morgan fingerprint density at radius 2 is 2.44 bits per heavy atom. The molecule has 0 bridgehead atoms. The Labute approximate surface area is 94.4 Å². The van der Waals surface area contributed by atoms with E-state index in [0.717, 1.165) is 25.3 Å². The first kappa shape index (κ1) is 10.8. The van der Waals surface area contributed by atoms with Crippen LogP contribution in [-0.2, 0) is 11.8 Å². The van der Waals surface area contributed by atoms with Crippen molar-refractivity contribution in [3.05, 3.63) is 6.20 Å². The molecule has 16 heavy (non-hydrogen) atoms. The summed E-state index contributed by atoms with van der Waals surface area (Å²) in [4.78, 5) is 13.0. The largest absolute Gasteiger partial charge is 0.394 e. The Kier molecular flexibility index (Phi) is 2.72. The van der Waals surface area contributed by atoms with Crippen molar-refractivity contribution in [2.45, 2.75) is 19.4 Å². The number of aromatic nitrogens is 2. The zero-order chi connectivity index (χ0) is 11.7. The van der Waals surface area contributed by atoms with Gasteiger partial charge in [0.15, 0.2) is 5.82 Å². The summed E-state index contributed by atoms with van der Waals surface area (Å²) in [6.07, 6.45) is 2.73. The van der Waals surface area contributed by atoms with Gasteiger partial charge < -0.3 is 16.0 Å². The molecule has 1 unspecified atom stereocenters. The molecule has 0 aromatic carbocycles. The molecular weight excluding hydrogens is 206 g/mol. The van der Waals surface area contributed by atoms with Crippen LogP contribution >= 0.6 is 0 Å². The van der Waals surface area contributed by atoms with Crippen LogP contribution in [0, 0.1) is 0 Å². The molecule has 2 heterocycles. The molecule has 1 fully saturated rings. The minimum absolute atomic E-state index is 0.0147. The smallest absolute Gasteiger partial charge is 0.217 e. The van der Waals surface area contributed by atoms with E-state index in [4.69, 9.17) is 5.73 Å². The minimum atomic E-state index is 0.0147. The lowest BCUT2D eigenvalue weighted by Gasteiger charge is -2.16. The highest BCUT2D eigenvalue weighted by Crippen LogP contribution is 2.24. The van der Waals surface area contributed by atoms with Crippen LogP contribution in [0.4, 0.5) is 11.5 Å². The maximum atomic E-state index is 10.9. The van der Waals surface area contributed by atoms with Crippen molar-refractivity contribution in [3.63, 3.8) is 0 Å². The second-order valence-corrected chi connectivity index (χ2v) is 4.21. The molecule has 3 N–H and O–H groups in total. The van der Waals surface area contributed by atoms with Gasteiger partial charge in [0.1, 0.15) is 0 Å². The van der Waals surface area contributed by atoms with Crippen molar-refractivity contribution in [3.8, 4) is 0 Å². The van der Waals surface area contributed by atoms with Crippen LogP contribution < -0.4 is 16.0 Å². The molecule has 1 saturated heterocycles. The number of anilines is 2. The predicted octanol–water partition coefficient (Wildman–Crippen LogP) is -0.283. The Hall–Kier alpha value is -1.72. The van der Waals surface area contributed by atoms with Crippen LogP contribution in [-0.4, -0.2) is 34.8 Å². The molecule has 1 aliphatic heterocycles. The van der Waals surface area contributed by atoms with Crippen molar-refractivity contribution < 1.29 is 4.79 Å². The standard InChI is InChI=1S/C10H17N5O/c1-7(16)12-8-3-4-15(5-8)10-9(11)6-14(2)13-10/h6,8H,3-5,11H2,1-2H3,(H,12,16). The molecule has 88 valence electrons. The van der Waals surface area contributed by atoms with Crippen LogP contribution in [0.3, 0.4) is 0 Å². The van der Waals surface area contributed by atoms with Crippen LogP contribution in [0.25, 0.3) is 0 Å². The van der Waals surface area contributed by atoms with Crippen molar-refractivity contribution in [2.24, 2.45) is 7.05 Å². The highest BCUT2D eigenvalue weighted by Gasteiger charge is 2.25. The second kappa shape index (κ2) is 4.03. The van der Waals surface area contributed by atoms with E-state index >= 15 is 0 Å². The normalized spacial score (nSPS) is 20.1. The Morgan fingerprint density at radius 1 is 1.69 bits per heavy atom. The zero-order valence-corrected chi connectivity index (χ0v) is 9.60. The number of hydrogen-bond donors (Lipinski definition) is 2. The van der Waals surface area contributed by atoms with E-state index in [1.54, 1.807) is 10.9 Å². The summed E-state index contributed by atoms with van der Waals surface area (Å²) in [5, 5.41) is 7.22. The number of carbonyl (C=O) groups is 1. The summed E-state index contributed by atoms with van der Waals surface area (Å²) < 4.78 is 1.70. The fraction of sp³-hybridized carbons (Fsp3) is 0.600. The molecule has 2 rings (SSSR count). The summed E-state index contributed by atoms with van der Waals surface area (Å²) in [7, 11) is 1.85. The Morgan fingerprint density at radius 3 is 3.00 bits per heavy atom. The number of amides is 1. The first-order valence-electron chi connectivity index (χ1n) is 5.37. The molecular formula is C10H17N5O. The first-order valence-corrected chi connectivity index (χ1v) is 5.37. The monoisotopic (exact) mass is 223 g/mol. The summed E-state index contributed by atoms with van der Waals surface area (Å²) in [5.74, 6) is 0.830. The number of aryl methyl sites for hydroxylation is 1. The fourth-order valence-electron chi connectivity index (χ4n) is 2.10. The predicted molar refractivity (Wildman–Crippen MR) is 62.1 cm³/mol. The average molecular weight is 223 g/mol. The molecule has 1 aliphatic rings. The summed E-state index contributed by atoms with van der Waals surface area (Å²) in [6, 6.07) is 0.207. The van der Waals surface area contributed by atoms with Crippen molar-refractivity contribution in [2.75, 3.05) is 23.7 Å². The quantitative estimate of drug-likeness (QED) is 0.723. The third-order valence-corrected chi connectivity index (χ3v) is 2.73. The summed E-state index contributed by atoms with van der Waals surface area (Å²) in [5.41, 5.74) is 6.54. The van der Waals surface area contributed by atoms with Gasteiger partial charge in [-0.1, -0.05) is 0 Å². The van der Waals surface area contributed by atoms with Gasteiger partial charge >= 0.3 is 0 Å². The number of nitrogens with two attached hydrogens (primary N) is 1. The maximum absolute atomic E-state index is 10.9. The van der Waals surface area contributed by atoms with Gasteiger partial charge in [-0.05, 0) is 6.42 Å². The van der Waals surface area contributed by atoms with Gasteiger partial charge in [0.25, 0.3) is 0 Å². The minimum Gasteiger partial charge on any atom is -0.394 e. The Bertz CT molecular complexity index is 400. The lowest BCUT2D eigenvalue weighted by atomic mass is 10.3. The van der Waals surface area contributed by atoms with Gasteiger partial charge in [-0.3, -0.25) is 9.48 Å². The summed E-state index contributed by atoms with van der Waals surface area (Å²) >= 11 is 0. The fourth-order valence-corrected chi connectivity index (χ4v) is 2.10. The lowest BCUT2D eigenvalue weighted by molar-refractivity contribution is -0.119. The molecule has 0 spiro atoms. The van der Waals surface area contributed by atoms with Gasteiger partial charge in [0.2, 0.25) is 5.91 Å². The van der Waals surface area contributed by atoms with Gasteiger partial charge in [0, 0.05) is 39.3 Å². The number of nitrogens with one attached hydrogen (secondary N) is 1. The van der Waals surface area contributed by atoms with Crippen molar-refractivity contribution in [1.82, 2.24) is 15.1 Å². The number of nitrogen functional groups attached to an aromatic ring is 1. The van der Waals surface area contributed by atoms with Crippen LogP contribution in [0.5, 0.6) is 0 Å². The number of hydrogen-bond acceptors (Lipinski definition) is 4. The van der Waals surface area contributed by atoms with E-state index in [2.05, 4.69) is 15.3 Å². The van der Waals surface area contributed by atoms with Gasteiger partial charge in [-0.15, -0.1) is 0 Å².